The quantitative estimate of drug-likeness (QED) is 0.602. The minimum Gasteiger partial charge on any atom is -0.480 e. The van der Waals surface area contributed by atoms with Gasteiger partial charge in [0.15, 0.2) is 0 Å². The van der Waals surface area contributed by atoms with Crippen LogP contribution in [0.1, 0.15) is 40.5 Å². The molecule has 0 heterocycles. The van der Waals surface area contributed by atoms with Crippen molar-refractivity contribution in [3.05, 3.63) is 0 Å². The van der Waals surface area contributed by atoms with Crippen LogP contribution in [0.25, 0.3) is 0 Å². The Morgan fingerprint density at radius 2 is 1.80 bits per heavy atom. The van der Waals surface area contributed by atoms with Gasteiger partial charge in [-0.15, -0.1) is 0 Å². The van der Waals surface area contributed by atoms with Crippen molar-refractivity contribution in [2.75, 3.05) is 0 Å². The van der Waals surface area contributed by atoms with Crippen molar-refractivity contribution in [2.45, 2.75) is 51.6 Å². The Hall–Kier alpha value is -1.10. The lowest BCUT2D eigenvalue weighted by atomic mass is 9.91. The van der Waals surface area contributed by atoms with E-state index in [1.807, 2.05) is 6.92 Å². The Labute approximate surface area is 90.0 Å². The van der Waals surface area contributed by atoms with Gasteiger partial charge < -0.3 is 10.8 Å². The van der Waals surface area contributed by atoms with Gasteiger partial charge in [0.1, 0.15) is 5.54 Å². The van der Waals surface area contributed by atoms with Gasteiger partial charge in [-0.05, 0) is 27.2 Å². The maximum Gasteiger partial charge on any atom is 0.323 e. The van der Waals surface area contributed by atoms with E-state index in [4.69, 9.17) is 10.8 Å². The number of aliphatic carboxylic acids is 1. The third-order valence-electron chi connectivity index (χ3n) is 2.43. The number of hydrogen-bond acceptors (Lipinski definition) is 3. The summed E-state index contributed by atoms with van der Waals surface area (Å²) >= 11 is 0. The zero-order valence-corrected chi connectivity index (χ0v) is 9.76. The summed E-state index contributed by atoms with van der Waals surface area (Å²) in [5.74, 6) is -1.54. The van der Waals surface area contributed by atoms with Gasteiger partial charge in [-0.25, -0.2) is 0 Å². The van der Waals surface area contributed by atoms with Crippen molar-refractivity contribution in [1.29, 1.82) is 0 Å². The van der Waals surface area contributed by atoms with Crippen LogP contribution < -0.4 is 11.1 Å². The highest BCUT2D eigenvalue weighted by Gasteiger charge is 2.39. The number of carbonyl (C=O) groups excluding carboxylic acids is 1. The van der Waals surface area contributed by atoms with Crippen molar-refractivity contribution in [3.8, 4) is 0 Å². The molecule has 5 nitrogen and oxygen atoms in total. The maximum absolute atomic E-state index is 11.1. The normalized spacial score (nSPS) is 15.7. The number of primary amides is 1. The van der Waals surface area contributed by atoms with Crippen LogP contribution in [0.4, 0.5) is 0 Å². The number of carboxylic acids is 1. The first-order chi connectivity index (χ1) is 6.65. The first-order valence-electron chi connectivity index (χ1n) is 4.98. The van der Waals surface area contributed by atoms with Gasteiger partial charge >= 0.3 is 5.97 Å². The summed E-state index contributed by atoms with van der Waals surface area (Å²) in [7, 11) is 0. The summed E-state index contributed by atoms with van der Waals surface area (Å²) in [6, 6.07) is 0. The fraction of sp³-hybridized carbons (Fsp3) is 0.800. The van der Waals surface area contributed by atoms with Crippen molar-refractivity contribution in [2.24, 2.45) is 5.73 Å². The molecule has 1 atom stereocenters. The van der Waals surface area contributed by atoms with Gasteiger partial charge in [0.2, 0.25) is 5.91 Å². The molecule has 0 saturated heterocycles. The van der Waals surface area contributed by atoms with E-state index in [1.165, 1.54) is 0 Å². The fourth-order valence-electron chi connectivity index (χ4n) is 1.47. The molecule has 0 rings (SSSR count). The predicted octanol–water partition coefficient (Wildman–Crippen LogP) is 0.483. The Morgan fingerprint density at radius 3 is 2.07 bits per heavy atom. The number of nitrogens with one attached hydrogen (secondary N) is 1. The minimum absolute atomic E-state index is 0.443. The predicted molar refractivity (Wildman–Crippen MR) is 57.4 cm³/mol. The molecule has 0 bridgehead atoms. The van der Waals surface area contributed by atoms with E-state index in [9.17, 15) is 9.59 Å². The molecular formula is C10H20N2O3. The third-order valence-corrected chi connectivity index (χ3v) is 2.43. The summed E-state index contributed by atoms with van der Waals surface area (Å²) in [5, 5.41) is 11.9. The molecule has 0 aliphatic heterocycles. The molecule has 5 heteroatoms. The summed E-state index contributed by atoms with van der Waals surface area (Å²) in [5.41, 5.74) is 3.04. The molecule has 0 spiro atoms. The molecule has 4 N–H and O–H groups in total. The van der Waals surface area contributed by atoms with Crippen LogP contribution >= 0.6 is 0 Å². The SMILES string of the molecule is CCCC(C)(NC(C)(C)C(N)=O)C(=O)O. The van der Waals surface area contributed by atoms with Crippen molar-refractivity contribution >= 4 is 11.9 Å². The lowest BCUT2D eigenvalue weighted by Crippen LogP contribution is -2.62. The monoisotopic (exact) mass is 216 g/mol. The molecule has 0 radical (unpaired) electrons. The molecule has 0 aromatic rings. The number of rotatable bonds is 6. The molecular weight excluding hydrogens is 196 g/mol. The molecule has 1 amide bonds. The lowest BCUT2D eigenvalue weighted by molar-refractivity contribution is -0.146. The average Bonchev–Trinajstić information content (AvgIpc) is 2.02. The molecule has 0 aromatic carbocycles. The molecule has 0 aromatic heterocycles. The average molecular weight is 216 g/mol. The van der Waals surface area contributed by atoms with E-state index in [2.05, 4.69) is 5.32 Å². The topological polar surface area (TPSA) is 92.4 Å². The Morgan fingerprint density at radius 1 is 1.33 bits per heavy atom. The van der Waals surface area contributed by atoms with Crippen LogP contribution in [0.2, 0.25) is 0 Å². The highest BCUT2D eigenvalue weighted by atomic mass is 16.4. The Balaban J connectivity index is 4.84. The second kappa shape index (κ2) is 4.61. The van der Waals surface area contributed by atoms with Crippen molar-refractivity contribution in [1.82, 2.24) is 5.32 Å². The zero-order valence-electron chi connectivity index (χ0n) is 9.76. The van der Waals surface area contributed by atoms with Crippen LogP contribution in [0.15, 0.2) is 0 Å². The van der Waals surface area contributed by atoms with Crippen LogP contribution in [0.5, 0.6) is 0 Å². The van der Waals surface area contributed by atoms with Crippen LogP contribution in [-0.4, -0.2) is 28.1 Å². The molecule has 0 aliphatic rings. The number of amides is 1. The molecule has 0 aliphatic carbocycles. The van der Waals surface area contributed by atoms with E-state index in [0.717, 1.165) is 0 Å². The second-order valence-electron chi connectivity index (χ2n) is 4.50. The van der Waals surface area contributed by atoms with Crippen molar-refractivity contribution < 1.29 is 14.7 Å². The fourth-order valence-corrected chi connectivity index (χ4v) is 1.47. The number of carboxylic acid groups (broad SMARTS) is 1. The van der Waals surface area contributed by atoms with Gasteiger partial charge in [0, 0.05) is 0 Å². The Bertz CT molecular complexity index is 263. The lowest BCUT2D eigenvalue weighted by Gasteiger charge is -2.34. The number of carbonyl (C=O) groups is 2. The molecule has 15 heavy (non-hydrogen) atoms. The smallest absolute Gasteiger partial charge is 0.323 e. The summed E-state index contributed by atoms with van der Waals surface area (Å²) in [6.07, 6.45) is 1.16. The minimum atomic E-state index is -1.12. The van der Waals surface area contributed by atoms with Crippen LogP contribution in [0, 0.1) is 0 Å². The van der Waals surface area contributed by atoms with E-state index in [0.29, 0.717) is 12.8 Å². The molecule has 88 valence electrons. The van der Waals surface area contributed by atoms with Crippen molar-refractivity contribution in [3.63, 3.8) is 0 Å². The standard InChI is InChI=1S/C10H20N2O3/c1-5-6-10(4,8(14)15)12-9(2,3)7(11)13/h12H,5-6H2,1-4H3,(H2,11,13)(H,14,15). The molecule has 1 unspecified atom stereocenters. The van der Waals surface area contributed by atoms with Crippen LogP contribution in [0.3, 0.4) is 0 Å². The highest BCUT2D eigenvalue weighted by molar-refractivity contribution is 5.86. The third kappa shape index (κ3) is 3.51. The van der Waals surface area contributed by atoms with E-state index < -0.39 is 23.0 Å². The van der Waals surface area contributed by atoms with E-state index in [-0.39, 0.29) is 0 Å². The zero-order chi connectivity index (χ0) is 12.3. The second-order valence-corrected chi connectivity index (χ2v) is 4.50. The molecule has 0 saturated carbocycles. The van der Waals surface area contributed by atoms with E-state index in [1.54, 1.807) is 20.8 Å². The summed E-state index contributed by atoms with van der Waals surface area (Å²) in [4.78, 5) is 22.2. The highest BCUT2D eigenvalue weighted by Crippen LogP contribution is 2.17. The van der Waals surface area contributed by atoms with Gasteiger partial charge in [-0.2, -0.15) is 0 Å². The van der Waals surface area contributed by atoms with Gasteiger partial charge in [0.25, 0.3) is 0 Å². The summed E-state index contributed by atoms with van der Waals surface area (Å²) < 4.78 is 0. The number of nitrogens with two attached hydrogens (primary N) is 1. The van der Waals surface area contributed by atoms with Gasteiger partial charge in [-0.3, -0.25) is 14.9 Å². The maximum atomic E-state index is 11.1. The Kier molecular flexibility index (Phi) is 4.27. The first-order valence-corrected chi connectivity index (χ1v) is 4.98. The van der Waals surface area contributed by atoms with Crippen LogP contribution in [-0.2, 0) is 9.59 Å². The number of hydrogen-bond donors (Lipinski definition) is 3. The molecule has 0 fully saturated rings. The first kappa shape index (κ1) is 13.9. The summed E-state index contributed by atoms with van der Waals surface area (Å²) in [6.45, 7) is 6.60. The van der Waals surface area contributed by atoms with E-state index >= 15 is 0 Å². The van der Waals surface area contributed by atoms with Gasteiger partial charge in [-0.1, -0.05) is 13.3 Å². The largest absolute Gasteiger partial charge is 0.480 e. The van der Waals surface area contributed by atoms with Gasteiger partial charge in [0.05, 0.1) is 5.54 Å².